The highest BCUT2D eigenvalue weighted by molar-refractivity contribution is 5.62. The highest BCUT2D eigenvalue weighted by Gasteiger charge is 2.06. The van der Waals surface area contributed by atoms with E-state index in [4.69, 9.17) is 0 Å². The first-order valence-corrected chi connectivity index (χ1v) is 6.81. The molecule has 0 aliphatic heterocycles. The highest BCUT2D eigenvalue weighted by Crippen LogP contribution is 2.20. The number of halogens is 1. The van der Waals surface area contributed by atoms with Crippen molar-refractivity contribution in [2.24, 2.45) is 0 Å². The van der Waals surface area contributed by atoms with Gasteiger partial charge in [0, 0.05) is 18.3 Å². The van der Waals surface area contributed by atoms with Gasteiger partial charge in [-0.2, -0.15) is 5.10 Å². The SMILES string of the molecule is CNCc1cc(F)cc(-n2cc(-c3ccccc3)cn2)c1. The lowest BCUT2D eigenvalue weighted by molar-refractivity contribution is 0.621. The van der Waals surface area contributed by atoms with Crippen molar-refractivity contribution in [2.45, 2.75) is 6.54 Å². The minimum Gasteiger partial charge on any atom is -0.316 e. The Morgan fingerprint density at radius 3 is 2.67 bits per heavy atom. The number of rotatable bonds is 4. The molecule has 0 aliphatic rings. The number of nitrogens with zero attached hydrogens (tertiary/aromatic N) is 2. The Hall–Kier alpha value is -2.46. The molecule has 0 fully saturated rings. The van der Waals surface area contributed by atoms with Crippen LogP contribution in [0.5, 0.6) is 0 Å². The maximum Gasteiger partial charge on any atom is 0.125 e. The van der Waals surface area contributed by atoms with Crippen molar-refractivity contribution in [1.82, 2.24) is 15.1 Å². The fourth-order valence-corrected chi connectivity index (χ4v) is 2.32. The lowest BCUT2D eigenvalue weighted by Crippen LogP contribution is -2.06. The Bertz CT molecular complexity index is 735. The summed E-state index contributed by atoms with van der Waals surface area (Å²) in [5.41, 5.74) is 3.72. The van der Waals surface area contributed by atoms with Crippen molar-refractivity contribution in [3.8, 4) is 16.8 Å². The fourth-order valence-electron chi connectivity index (χ4n) is 2.32. The summed E-state index contributed by atoms with van der Waals surface area (Å²) in [7, 11) is 1.84. The third-order valence-electron chi connectivity index (χ3n) is 3.28. The standard InChI is InChI=1S/C17H16FN3/c1-19-10-13-7-16(18)9-17(8-13)21-12-15(11-20-21)14-5-3-2-4-6-14/h2-9,11-12,19H,10H2,1H3. The van der Waals surface area contributed by atoms with E-state index in [0.717, 1.165) is 22.4 Å². The summed E-state index contributed by atoms with van der Waals surface area (Å²) in [6, 6.07) is 15.0. The third-order valence-corrected chi connectivity index (χ3v) is 3.28. The first kappa shape index (κ1) is 13.5. The zero-order valence-electron chi connectivity index (χ0n) is 11.8. The molecule has 0 bridgehead atoms. The van der Waals surface area contributed by atoms with Crippen molar-refractivity contribution in [3.63, 3.8) is 0 Å². The smallest absolute Gasteiger partial charge is 0.125 e. The third kappa shape index (κ3) is 3.01. The summed E-state index contributed by atoms with van der Waals surface area (Å²) >= 11 is 0. The Kier molecular flexibility index (Phi) is 3.79. The summed E-state index contributed by atoms with van der Waals surface area (Å²) in [6.07, 6.45) is 3.70. The summed E-state index contributed by atoms with van der Waals surface area (Å²) in [4.78, 5) is 0. The maximum absolute atomic E-state index is 13.7. The molecule has 3 rings (SSSR count). The zero-order valence-corrected chi connectivity index (χ0v) is 11.8. The van der Waals surface area contributed by atoms with Crippen LogP contribution in [0.15, 0.2) is 60.9 Å². The molecule has 0 amide bonds. The van der Waals surface area contributed by atoms with Crippen LogP contribution in [0.3, 0.4) is 0 Å². The average Bonchev–Trinajstić information content (AvgIpc) is 2.98. The molecular formula is C17H16FN3. The van der Waals surface area contributed by atoms with Crippen LogP contribution in [0.1, 0.15) is 5.56 Å². The van der Waals surface area contributed by atoms with Gasteiger partial charge >= 0.3 is 0 Å². The molecular weight excluding hydrogens is 265 g/mol. The van der Waals surface area contributed by atoms with Gasteiger partial charge in [0.05, 0.1) is 11.9 Å². The van der Waals surface area contributed by atoms with Crippen LogP contribution in [0, 0.1) is 5.82 Å². The summed E-state index contributed by atoms with van der Waals surface area (Å²) < 4.78 is 15.4. The summed E-state index contributed by atoms with van der Waals surface area (Å²) in [5.74, 6) is -0.255. The Morgan fingerprint density at radius 2 is 1.90 bits per heavy atom. The average molecular weight is 281 g/mol. The van der Waals surface area contributed by atoms with Crippen LogP contribution >= 0.6 is 0 Å². The molecule has 3 nitrogen and oxygen atoms in total. The minimum absolute atomic E-state index is 0.255. The van der Waals surface area contributed by atoms with Crippen molar-refractivity contribution >= 4 is 0 Å². The van der Waals surface area contributed by atoms with Gasteiger partial charge in [0.15, 0.2) is 0 Å². The molecule has 1 aromatic heterocycles. The lowest BCUT2D eigenvalue weighted by atomic mass is 10.1. The van der Waals surface area contributed by atoms with Gasteiger partial charge in [-0.1, -0.05) is 30.3 Å². The molecule has 4 heteroatoms. The van der Waals surface area contributed by atoms with Crippen LogP contribution in [0.2, 0.25) is 0 Å². The highest BCUT2D eigenvalue weighted by atomic mass is 19.1. The van der Waals surface area contributed by atoms with Crippen LogP contribution in [-0.2, 0) is 6.54 Å². The number of aromatic nitrogens is 2. The molecule has 106 valence electrons. The van der Waals surface area contributed by atoms with E-state index in [9.17, 15) is 4.39 Å². The van der Waals surface area contributed by atoms with Gasteiger partial charge in [0.1, 0.15) is 5.82 Å². The largest absolute Gasteiger partial charge is 0.316 e. The summed E-state index contributed by atoms with van der Waals surface area (Å²) in [5, 5.41) is 7.36. The molecule has 0 unspecified atom stereocenters. The Labute approximate surface area is 123 Å². The quantitative estimate of drug-likeness (QED) is 0.794. The van der Waals surface area contributed by atoms with Gasteiger partial charge in [0.2, 0.25) is 0 Å². The Morgan fingerprint density at radius 1 is 1.10 bits per heavy atom. The van der Waals surface area contributed by atoms with E-state index in [2.05, 4.69) is 10.4 Å². The first-order chi connectivity index (χ1) is 10.3. The second kappa shape index (κ2) is 5.89. The van der Waals surface area contributed by atoms with Crippen molar-refractivity contribution in [2.75, 3.05) is 7.05 Å². The molecule has 0 aliphatic carbocycles. The predicted octanol–water partition coefficient (Wildman–Crippen LogP) is 3.40. The second-order valence-corrected chi connectivity index (χ2v) is 4.89. The number of hydrogen-bond acceptors (Lipinski definition) is 2. The maximum atomic E-state index is 13.7. The second-order valence-electron chi connectivity index (χ2n) is 4.89. The van der Waals surface area contributed by atoms with Gasteiger partial charge in [0.25, 0.3) is 0 Å². The van der Waals surface area contributed by atoms with Crippen molar-refractivity contribution in [3.05, 3.63) is 72.3 Å². The van der Waals surface area contributed by atoms with Gasteiger partial charge < -0.3 is 5.32 Å². The number of nitrogens with one attached hydrogen (secondary N) is 1. The van der Waals surface area contributed by atoms with E-state index < -0.39 is 0 Å². The van der Waals surface area contributed by atoms with E-state index in [1.807, 2.05) is 49.6 Å². The molecule has 2 aromatic carbocycles. The molecule has 0 atom stereocenters. The molecule has 1 N–H and O–H groups in total. The van der Waals surface area contributed by atoms with E-state index >= 15 is 0 Å². The predicted molar refractivity (Wildman–Crippen MR) is 81.7 cm³/mol. The van der Waals surface area contributed by atoms with Crippen molar-refractivity contribution in [1.29, 1.82) is 0 Å². The molecule has 3 aromatic rings. The van der Waals surface area contributed by atoms with Gasteiger partial charge in [-0.3, -0.25) is 0 Å². The molecule has 0 saturated heterocycles. The number of hydrogen-bond donors (Lipinski definition) is 1. The van der Waals surface area contributed by atoms with E-state index in [-0.39, 0.29) is 5.82 Å². The van der Waals surface area contributed by atoms with E-state index in [1.165, 1.54) is 12.1 Å². The van der Waals surface area contributed by atoms with E-state index in [0.29, 0.717) is 6.54 Å². The molecule has 21 heavy (non-hydrogen) atoms. The monoisotopic (exact) mass is 281 g/mol. The molecule has 0 saturated carbocycles. The molecule has 1 heterocycles. The van der Waals surface area contributed by atoms with E-state index in [1.54, 1.807) is 10.9 Å². The van der Waals surface area contributed by atoms with Crippen LogP contribution < -0.4 is 5.32 Å². The molecule has 0 radical (unpaired) electrons. The molecule has 0 spiro atoms. The van der Waals surface area contributed by atoms with Crippen LogP contribution in [0.25, 0.3) is 16.8 Å². The minimum atomic E-state index is -0.255. The first-order valence-electron chi connectivity index (χ1n) is 6.81. The van der Waals surface area contributed by atoms with Crippen LogP contribution in [0.4, 0.5) is 4.39 Å². The van der Waals surface area contributed by atoms with Crippen molar-refractivity contribution < 1.29 is 4.39 Å². The van der Waals surface area contributed by atoms with Crippen LogP contribution in [-0.4, -0.2) is 16.8 Å². The van der Waals surface area contributed by atoms with Gasteiger partial charge in [-0.05, 0) is 36.4 Å². The Balaban J connectivity index is 1.96. The van der Waals surface area contributed by atoms with Gasteiger partial charge in [-0.15, -0.1) is 0 Å². The normalized spacial score (nSPS) is 10.8. The lowest BCUT2D eigenvalue weighted by Gasteiger charge is -2.06. The number of benzene rings is 2. The fraction of sp³-hybridized carbons (Fsp3) is 0.118. The van der Waals surface area contributed by atoms with Gasteiger partial charge in [-0.25, -0.2) is 9.07 Å². The zero-order chi connectivity index (χ0) is 14.7. The topological polar surface area (TPSA) is 29.9 Å². The summed E-state index contributed by atoms with van der Waals surface area (Å²) in [6.45, 7) is 0.623.